The SMILES string of the molecule is O=C(COC(=O)C1(c2ccc(F)cc2)CCCC1)Nc1ccccc1Br. The lowest BCUT2D eigenvalue weighted by molar-refractivity contribution is -0.153. The minimum Gasteiger partial charge on any atom is -0.455 e. The fourth-order valence-electron chi connectivity index (χ4n) is 3.38. The Labute approximate surface area is 159 Å². The summed E-state index contributed by atoms with van der Waals surface area (Å²) in [7, 11) is 0. The van der Waals surface area contributed by atoms with Gasteiger partial charge < -0.3 is 10.1 Å². The number of hydrogen-bond donors (Lipinski definition) is 1. The molecule has 1 saturated carbocycles. The van der Waals surface area contributed by atoms with Crippen LogP contribution < -0.4 is 5.32 Å². The molecule has 2 aromatic carbocycles. The second-order valence-electron chi connectivity index (χ2n) is 6.40. The van der Waals surface area contributed by atoms with Crippen molar-refractivity contribution in [1.29, 1.82) is 0 Å². The molecule has 0 unspecified atom stereocenters. The molecule has 1 aliphatic rings. The zero-order valence-electron chi connectivity index (χ0n) is 14.1. The summed E-state index contributed by atoms with van der Waals surface area (Å²) in [6, 6.07) is 13.2. The molecule has 6 heteroatoms. The van der Waals surface area contributed by atoms with Crippen molar-refractivity contribution in [3.05, 3.63) is 64.4 Å². The Balaban J connectivity index is 1.66. The maximum atomic E-state index is 13.2. The summed E-state index contributed by atoms with van der Waals surface area (Å²) in [5, 5.41) is 2.70. The van der Waals surface area contributed by atoms with Gasteiger partial charge in [-0.2, -0.15) is 0 Å². The Hall–Kier alpha value is -2.21. The number of carbonyl (C=O) groups excluding carboxylic acids is 2. The van der Waals surface area contributed by atoms with Crippen LogP contribution in [0.4, 0.5) is 10.1 Å². The first-order valence-corrected chi connectivity index (χ1v) is 9.28. The van der Waals surface area contributed by atoms with Crippen molar-refractivity contribution in [2.75, 3.05) is 11.9 Å². The summed E-state index contributed by atoms with van der Waals surface area (Å²) in [5.74, 6) is -1.18. The first-order valence-electron chi connectivity index (χ1n) is 8.49. The lowest BCUT2D eigenvalue weighted by Gasteiger charge is -2.27. The van der Waals surface area contributed by atoms with Crippen LogP contribution in [-0.2, 0) is 19.7 Å². The third kappa shape index (κ3) is 3.96. The lowest BCUT2D eigenvalue weighted by atomic mass is 9.79. The third-order valence-electron chi connectivity index (χ3n) is 4.73. The summed E-state index contributed by atoms with van der Waals surface area (Å²) in [5.41, 5.74) is 0.566. The van der Waals surface area contributed by atoms with Crippen LogP contribution in [0.15, 0.2) is 53.0 Å². The Bertz CT molecular complexity index is 801. The molecule has 1 amide bonds. The third-order valence-corrected chi connectivity index (χ3v) is 5.42. The molecule has 0 bridgehead atoms. The molecule has 0 heterocycles. The van der Waals surface area contributed by atoms with Crippen LogP contribution in [-0.4, -0.2) is 18.5 Å². The fourth-order valence-corrected chi connectivity index (χ4v) is 3.76. The average Bonchev–Trinajstić information content (AvgIpc) is 3.13. The number of benzene rings is 2. The van der Waals surface area contributed by atoms with E-state index in [1.165, 1.54) is 12.1 Å². The highest BCUT2D eigenvalue weighted by atomic mass is 79.9. The Morgan fingerprint density at radius 2 is 1.73 bits per heavy atom. The second kappa shape index (κ2) is 7.99. The Morgan fingerprint density at radius 3 is 2.38 bits per heavy atom. The molecule has 0 atom stereocenters. The number of halogens is 2. The molecule has 0 aliphatic heterocycles. The number of carbonyl (C=O) groups is 2. The number of para-hydroxylation sites is 1. The van der Waals surface area contributed by atoms with Gasteiger partial charge in [0.15, 0.2) is 6.61 Å². The normalized spacial score (nSPS) is 15.5. The number of ether oxygens (including phenoxy) is 1. The van der Waals surface area contributed by atoms with Crippen molar-refractivity contribution in [3.63, 3.8) is 0 Å². The minimum atomic E-state index is -0.790. The monoisotopic (exact) mass is 419 g/mol. The highest BCUT2D eigenvalue weighted by Gasteiger charge is 2.44. The van der Waals surface area contributed by atoms with E-state index in [-0.39, 0.29) is 12.4 Å². The van der Waals surface area contributed by atoms with Crippen LogP contribution in [0.5, 0.6) is 0 Å². The van der Waals surface area contributed by atoms with Crippen LogP contribution in [0.1, 0.15) is 31.2 Å². The Morgan fingerprint density at radius 1 is 1.08 bits per heavy atom. The standard InChI is InChI=1S/C20H19BrFNO3/c21-16-5-1-2-6-17(16)23-18(24)13-26-19(25)20(11-3-4-12-20)14-7-9-15(22)10-8-14/h1-2,5-10H,3-4,11-13H2,(H,23,24). The van der Waals surface area contributed by atoms with Crippen molar-refractivity contribution in [3.8, 4) is 0 Å². The first kappa shape index (κ1) is 18.6. The van der Waals surface area contributed by atoms with Crippen LogP contribution in [0.2, 0.25) is 0 Å². The van der Waals surface area contributed by atoms with E-state index in [2.05, 4.69) is 21.2 Å². The van der Waals surface area contributed by atoms with Gasteiger partial charge in [0.1, 0.15) is 5.82 Å². The summed E-state index contributed by atoms with van der Waals surface area (Å²) < 4.78 is 19.3. The summed E-state index contributed by atoms with van der Waals surface area (Å²) in [6.07, 6.45) is 3.08. The zero-order valence-corrected chi connectivity index (χ0v) is 15.7. The van der Waals surface area contributed by atoms with Gasteiger partial charge in [0.25, 0.3) is 5.91 Å². The van der Waals surface area contributed by atoms with E-state index in [0.29, 0.717) is 18.5 Å². The molecule has 26 heavy (non-hydrogen) atoms. The van der Waals surface area contributed by atoms with Gasteiger partial charge in [-0.05, 0) is 58.6 Å². The number of anilines is 1. The fraction of sp³-hybridized carbons (Fsp3) is 0.300. The maximum Gasteiger partial charge on any atom is 0.317 e. The quantitative estimate of drug-likeness (QED) is 0.721. The van der Waals surface area contributed by atoms with Gasteiger partial charge in [0.2, 0.25) is 0 Å². The molecule has 0 radical (unpaired) electrons. The van der Waals surface area contributed by atoms with Crippen molar-refractivity contribution < 1.29 is 18.7 Å². The number of rotatable bonds is 5. The van der Waals surface area contributed by atoms with Crippen LogP contribution in [0.3, 0.4) is 0 Å². The summed E-state index contributed by atoms with van der Waals surface area (Å²) in [4.78, 5) is 24.9. The van der Waals surface area contributed by atoms with Gasteiger partial charge in [-0.25, -0.2) is 4.39 Å². The predicted molar refractivity (Wildman–Crippen MR) is 100 cm³/mol. The van der Waals surface area contributed by atoms with E-state index in [4.69, 9.17) is 4.74 Å². The molecular formula is C20H19BrFNO3. The maximum absolute atomic E-state index is 13.2. The second-order valence-corrected chi connectivity index (χ2v) is 7.25. The molecule has 0 aromatic heterocycles. The van der Waals surface area contributed by atoms with Crippen molar-refractivity contribution in [2.24, 2.45) is 0 Å². The average molecular weight is 420 g/mol. The van der Waals surface area contributed by atoms with Gasteiger partial charge in [-0.1, -0.05) is 37.1 Å². The zero-order chi connectivity index (χ0) is 18.6. The van der Waals surface area contributed by atoms with Crippen molar-refractivity contribution >= 4 is 33.5 Å². The topological polar surface area (TPSA) is 55.4 Å². The number of esters is 1. The molecule has 2 aromatic rings. The molecule has 3 rings (SSSR count). The summed E-state index contributed by atoms with van der Waals surface area (Å²) >= 11 is 3.35. The van der Waals surface area contributed by atoms with Crippen molar-refractivity contribution in [1.82, 2.24) is 0 Å². The largest absolute Gasteiger partial charge is 0.455 e. The van der Waals surface area contributed by atoms with Gasteiger partial charge in [-0.3, -0.25) is 9.59 Å². The molecule has 136 valence electrons. The first-order chi connectivity index (χ1) is 12.5. The van der Waals surface area contributed by atoms with Gasteiger partial charge in [0, 0.05) is 4.47 Å². The molecule has 0 spiro atoms. The lowest BCUT2D eigenvalue weighted by Crippen LogP contribution is -2.36. The predicted octanol–water partition coefficient (Wildman–Crippen LogP) is 4.58. The van der Waals surface area contributed by atoms with Crippen LogP contribution >= 0.6 is 15.9 Å². The molecular weight excluding hydrogens is 401 g/mol. The molecule has 0 saturated heterocycles. The number of amides is 1. The molecule has 4 nitrogen and oxygen atoms in total. The number of nitrogens with one attached hydrogen (secondary N) is 1. The van der Waals surface area contributed by atoms with E-state index in [0.717, 1.165) is 22.9 Å². The molecule has 1 fully saturated rings. The van der Waals surface area contributed by atoms with E-state index < -0.39 is 17.3 Å². The van der Waals surface area contributed by atoms with Gasteiger partial charge in [-0.15, -0.1) is 0 Å². The van der Waals surface area contributed by atoms with Crippen molar-refractivity contribution in [2.45, 2.75) is 31.1 Å². The van der Waals surface area contributed by atoms with Gasteiger partial charge >= 0.3 is 5.97 Å². The minimum absolute atomic E-state index is 0.344. The molecule has 1 N–H and O–H groups in total. The smallest absolute Gasteiger partial charge is 0.317 e. The van der Waals surface area contributed by atoms with Crippen LogP contribution in [0.25, 0.3) is 0 Å². The van der Waals surface area contributed by atoms with E-state index >= 15 is 0 Å². The van der Waals surface area contributed by atoms with E-state index in [1.54, 1.807) is 24.3 Å². The Kier molecular flexibility index (Phi) is 5.71. The summed E-state index contributed by atoms with van der Waals surface area (Å²) in [6.45, 7) is -0.358. The van der Waals surface area contributed by atoms with Crippen LogP contribution in [0, 0.1) is 5.82 Å². The highest BCUT2D eigenvalue weighted by molar-refractivity contribution is 9.10. The highest BCUT2D eigenvalue weighted by Crippen LogP contribution is 2.42. The van der Waals surface area contributed by atoms with E-state index in [1.807, 2.05) is 12.1 Å². The van der Waals surface area contributed by atoms with E-state index in [9.17, 15) is 14.0 Å². The van der Waals surface area contributed by atoms with Gasteiger partial charge in [0.05, 0.1) is 11.1 Å². The number of hydrogen-bond acceptors (Lipinski definition) is 3. The molecule has 1 aliphatic carbocycles.